The van der Waals surface area contributed by atoms with Crippen LogP contribution in [-0.2, 0) is 10.2 Å². The quantitative estimate of drug-likeness (QED) is 0.630. The molecule has 0 atom stereocenters. The molecule has 0 radical (unpaired) electrons. The number of nitrogens with zero attached hydrogens (tertiary/aromatic N) is 2. The maximum atomic E-state index is 11.8. The van der Waals surface area contributed by atoms with Crippen LogP contribution in [0.25, 0.3) is 0 Å². The van der Waals surface area contributed by atoms with E-state index in [0.29, 0.717) is 13.1 Å². The van der Waals surface area contributed by atoms with Gasteiger partial charge in [0.25, 0.3) is 10.2 Å². The fraction of sp³-hybridized carbons (Fsp3) is 1.00. The third-order valence-corrected chi connectivity index (χ3v) is 5.09. The molecule has 0 bridgehead atoms. The zero-order valence-corrected chi connectivity index (χ0v) is 9.26. The van der Waals surface area contributed by atoms with Gasteiger partial charge in [-0.2, -0.15) is 17.0 Å². The SMILES string of the molecule is CN1CCN(C2CCNCC2)S1(=O)=O. The normalized spacial score (nSPS) is 30.9. The predicted octanol–water partition coefficient (Wildman–Crippen LogP) is -0.769. The highest BCUT2D eigenvalue weighted by atomic mass is 32.2. The van der Waals surface area contributed by atoms with E-state index < -0.39 is 10.2 Å². The fourth-order valence-electron chi connectivity index (χ4n) is 2.11. The molecular weight excluding hydrogens is 202 g/mol. The van der Waals surface area contributed by atoms with E-state index in [1.807, 2.05) is 0 Å². The van der Waals surface area contributed by atoms with Crippen molar-refractivity contribution in [3.05, 3.63) is 0 Å². The highest BCUT2D eigenvalue weighted by Crippen LogP contribution is 2.22. The molecule has 0 aromatic rings. The summed E-state index contributed by atoms with van der Waals surface area (Å²) in [6.45, 7) is 3.15. The van der Waals surface area contributed by atoms with Gasteiger partial charge in [-0.3, -0.25) is 0 Å². The highest BCUT2D eigenvalue weighted by molar-refractivity contribution is 7.87. The van der Waals surface area contributed by atoms with Crippen LogP contribution in [0, 0.1) is 0 Å². The lowest BCUT2D eigenvalue weighted by molar-refractivity contribution is 0.280. The lowest BCUT2D eigenvalue weighted by Gasteiger charge is -2.29. The van der Waals surface area contributed by atoms with E-state index in [1.54, 1.807) is 11.4 Å². The highest BCUT2D eigenvalue weighted by Gasteiger charge is 2.38. The summed E-state index contributed by atoms with van der Waals surface area (Å²) in [5, 5.41) is 3.24. The summed E-state index contributed by atoms with van der Waals surface area (Å²) in [4.78, 5) is 0. The minimum Gasteiger partial charge on any atom is -0.317 e. The van der Waals surface area contributed by atoms with Gasteiger partial charge in [-0.15, -0.1) is 0 Å². The van der Waals surface area contributed by atoms with Crippen molar-refractivity contribution in [3.63, 3.8) is 0 Å². The Kier molecular flexibility index (Phi) is 2.79. The molecule has 0 unspecified atom stereocenters. The van der Waals surface area contributed by atoms with E-state index in [-0.39, 0.29) is 6.04 Å². The lowest BCUT2D eigenvalue weighted by atomic mass is 10.1. The molecule has 2 aliphatic rings. The van der Waals surface area contributed by atoms with Crippen LogP contribution >= 0.6 is 0 Å². The second-order valence-corrected chi connectivity index (χ2v) is 5.91. The Morgan fingerprint density at radius 1 is 1.21 bits per heavy atom. The number of hydrogen-bond acceptors (Lipinski definition) is 3. The second kappa shape index (κ2) is 3.77. The van der Waals surface area contributed by atoms with E-state index in [1.165, 1.54) is 4.31 Å². The smallest absolute Gasteiger partial charge is 0.282 e. The van der Waals surface area contributed by atoms with Crippen molar-refractivity contribution in [2.24, 2.45) is 0 Å². The zero-order valence-electron chi connectivity index (χ0n) is 8.44. The number of nitrogens with one attached hydrogen (secondary N) is 1. The maximum Gasteiger partial charge on any atom is 0.282 e. The molecular formula is C8H17N3O2S. The molecule has 0 saturated carbocycles. The van der Waals surface area contributed by atoms with Crippen LogP contribution in [-0.4, -0.2) is 56.3 Å². The van der Waals surface area contributed by atoms with Crippen molar-refractivity contribution >= 4 is 10.2 Å². The Morgan fingerprint density at radius 2 is 1.86 bits per heavy atom. The van der Waals surface area contributed by atoms with Gasteiger partial charge in [0.2, 0.25) is 0 Å². The third-order valence-electron chi connectivity index (χ3n) is 3.04. The Morgan fingerprint density at radius 3 is 2.36 bits per heavy atom. The van der Waals surface area contributed by atoms with Gasteiger partial charge in [0.05, 0.1) is 0 Å². The minimum absolute atomic E-state index is 0.214. The maximum absolute atomic E-state index is 11.8. The van der Waals surface area contributed by atoms with E-state index >= 15 is 0 Å². The average molecular weight is 219 g/mol. The summed E-state index contributed by atoms with van der Waals surface area (Å²) < 4.78 is 26.7. The van der Waals surface area contributed by atoms with Crippen LogP contribution in [0.3, 0.4) is 0 Å². The van der Waals surface area contributed by atoms with Gasteiger partial charge >= 0.3 is 0 Å². The Labute approximate surface area is 85.2 Å². The molecule has 14 heavy (non-hydrogen) atoms. The number of piperidine rings is 1. The molecule has 2 saturated heterocycles. The van der Waals surface area contributed by atoms with Gasteiger partial charge in [0.15, 0.2) is 0 Å². The number of likely N-dealkylation sites (N-methyl/N-ethyl adjacent to an activating group) is 1. The lowest BCUT2D eigenvalue weighted by Crippen LogP contribution is -2.45. The molecule has 0 aromatic carbocycles. The van der Waals surface area contributed by atoms with Crippen LogP contribution in [0.2, 0.25) is 0 Å². The Bertz CT molecular complexity index is 298. The second-order valence-electron chi connectivity index (χ2n) is 3.92. The number of hydrogen-bond donors (Lipinski definition) is 1. The molecule has 0 spiro atoms. The molecule has 2 rings (SSSR count). The monoisotopic (exact) mass is 219 g/mol. The minimum atomic E-state index is -3.13. The van der Waals surface area contributed by atoms with E-state index in [2.05, 4.69) is 5.32 Å². The van der Waals surface area contributed by atoms with Crippen LogP contribution in [0.1, 0.15) is 12.8 Å². The topological polar surface area (TPSA) is 52.6 Å². The van der Waals surface area contributed by atoms with Crippen molar-refractivity contribution in [1.29, 1.82) is 0 Å². The van der Waals surface area contributed by atoms with Gasteiger partial charge in [-0.25, -0.2) is 0 Å². The first kappa shape index (κ1) is 10.4. The van der Waals surface area contributed by atoms with Crippen molar-refractivity contribution < 1.29 is 8.42 Å². The van der Waals surface area contributed by atoms with Crippen LogP contribution in [0.4, 0.5) is 0 Å². The first-order valence-electron chi connectivity index (χ1n) is 5.06. The molecule has 2 aliphatic heterocycles. The number of rotatable bonds is 1. The summed E-state index contributed by atoms with van der Waals surface area (Å²) in [6, 6.07) is 0.214. The molecule has 0 amide bonds. The van der Waals surface area contributed by atoms with Gasteiger partial charge in [0.1, 0.15) is 0 Å². The standard InChI is InChI=1S/C8H17N3O2S/c1-10-6-7-11(14(10,12)13)8-2-4-9-5-3-8/h8-9H,2-7H2,1H3. The molecule has 6 heteroatoms. The Hall–Kier alpha value is -0.170. The Balaban J connectivity index is 2.11. The fourth-order valence-corrected chi connectivity index (χ4v) is 3.69. The van der Waals surface area contributed by atoms with Crippen molar-refractivity contribution in [1.82, 2.24) is 13.9 Å². The van der Waals surface area contributed by atoms with Gasteiger partial charge < -0.3 is 5.32 Å². The zero-order chi connectivity index (χ0) is 10.2. The molecule has 2 fully saturated rings. The van der Waals surface area contributed by atoms with Crippen LogP contribution in [0.5, 0.6) is 0 Å². The summed E-state index contributed by atoms with van der Waals surface area (Å²) in [5.74, 6) is 0. The largest absolute Gasteiger partial charge is 0.317 e. The average Bonchev–Trinajstić information content (AvgIpc) is 2.44. The summed E-state index contributed by atoms with van der Waals surface area (Å²) in [7, 11) is -1.48. The predicted molar refractivity (Wildman–Crippen MR) is 54.1 cm³/mol. The molecule has 0 aromatic heterocycles. The van der Waals surface area contributed by atoms with E-state index in [0.717, 1.165) is 25.9 Å². The van der Waals surface area contributed by atoms with Gasteiger partial charge in [0, 0.05) is 26.2 Å². The van der Waals surface area contributed by atoms with Crippen LogP contribution in [0.15, 0.2) is 0 Å². The van der Waals surface area contributed by atoms with Gasteiger partial charge in [-0.05, 0) is 25.9 Å². The molecule has 2 heterocycles. The summed E-state index contributed by atoms with van der Waals surface area (Å²) in [6.07, 6.45) is 1.88. The van der Waals surface area contributed by atoms with E-state index in [4.69, 9.17) is 0 Å². The third kappa shape index (κ3) is 1.67. The van der Waals surface area contributed by atoms with E-state index in [9.17, 15) is 8.42 Å². The van der Waals surface area contributed by atoms with Crippen molar-refractivity contribution in [2.45, 2.75) is 18.9 Å². The first-order chi connectivity index (χ1) is 6.62. The summed E-state index contributed by atoms with van der Waals surface area (Å²) >= 11 is 0. The van der Waals surface area contributed by atoms with Crippen molar-refractivity contribution in [2.75, 3.05) is 33.2 Å². The van der Waals surface area contributed by atoms with Crippen LogP contribution < -0.4 is 5.32 Å². The van der Waals surface area contributed by atoms with Gasteiger partial charge in [-0.1, -0.05) is 0 Å². The summed E-state index contributed by atoms with van der Waals surface area (Å²) in [5.41, 5.74) is 0. The molecule has 0 aliphatic carbocycles. The molecule has 5 nitrogen and oxygen atoms in total. The first-order valence-corrected chi connectivity index (χ1v) is 6.46. The molecule has 82 valence electrons. The van der Waals surface area contributed by atoms with Crippen molar-refractivity contribution in [3.8, 4) is 0 Å². The molecule has 1 N–H and O–H groups in total.